The van der Waals surface area contributed by atoms with Crippen LogP contribution in [0.3, 0.4) is 0 Å². The Morgan fingerprint density at radius 2 is 1.93 bits per heavy atom. The van der Waals surface area contributed by atoms with Crippen molar-refractivity contribution in [2.75, 3.05) is 24.4 Å². The van der Waals surface area contributed by atoms with Gasteiger partial charge >= 0.3 is 0 Å². The molecule has 1 heterocycles. The molecule has 1 fully saturated rings. The number of carbonyl (C=O) groups excluding carboxylic acids is 1. The van der Waals surface area contributed by atoms with Crippen LogP contribution in [-0.2, 0) is 21.2 Å². The average Bonchev–Trinajstić information content (AvgIpc) is 2.72. The Labute approximate surface area is 179 Å². The van der Waals surface area contributed by atoms with E-state index >= 15 is 0 Å². The number of hydrogen-bond acceptors (Lipinski definition) is 4. The molecule has 162 valence electrons. The Balaban J connectivity index is 1.79. The number of ether oxygens (including phenoxy) is 1. The maximum Gasteiger partial charge on any atom is 0.261 e. The Morgan fingerprint density at radius 3 is 2.60 bits per heavy atom. The predicted molar refractivity (Wildman–Crippen MR) is 118 cm³/mol. The summed E-state index contributed by atoms with van der Waals surface area (Å²) in [5.41, 5.74) is 2.84. The van der Waals surface area contributed by atoms with Crippen LogP contribution in [-0.4, -0.2) is 45.0 Å². The molecule has 1 saturated heterocycles. The molecule has 0 radical (unpaired) electrons. The molecule has 1 N–H and O–H groups in total. The van der Waals surface area contributed by atoms with Crippen molar-refractivity contribution in [3.8, 4) is 0 Å². The fourth-order valence-electron chi connectivity index (χ4n) is 3.51. The van der Waals surface area contributed by atoms with Gasteiger partial charge in [-0.3, -0.25) is 9.52 Å². The lowest BCUT2D eigenvalue weighted by atomic mass is 10.1. The van der Waals surface area contributed by atoms with Gasteiger partial charge in [0, 0.05) is 24.3 Å². The highest BCUT2D eigenvalue weighted by Gasteiger charge is 2.25. The van der Waals surface area contributed by atoms with Crippen LogP contribution in [0.4, 0.5) is 5.69 Å². The Morgan fingerprint density at radius 1 is 1.20 bits per heavy atom. The van der Waals surface area contributed by atoms with Gasteiger partial charge < -0.3 is 9.64 Å². The van der Waals surface area contributed by atoms with Crippen molar-refractivity contribution >= 4 is 21.6 Å². The molecule has 1 atom stereocenters. The number of hydrogen-bond donors (Lipinski definition) is 1. The zero-order valence-electron chi connectivity index (χ0n) is 17.8. The van der Waals surface area contributed by atoms with Crippen LogP contribution in [0.15, 0.2) is 47.4 Å². The first kappa shape index (κ1) is 22.3. The highest BCUT2D eigenvalue weighted by atomic mass is 32.2. The normalized spacial score (nSPS) is 17.0. The lowest BCUT2D eigenvalue weighted by Crippen LogP contribution is -2.44. The first-order valence-electron chi connectivity index (χ1n) is 10.4. The van der Waals surface area contributed by atoms with Crippen molar-refractivity contribution in [3.05, 3.63) is 59.2 Å². The second kappa shape index (κ2) is 9.62. The fraction of sp³-hybridized carbons (Fsp3) is 0.435. The summed E-state index contributed by atoms with van der Waals surface area (Å²) >= 11 is 0. The number of morpholine rings is 1. The lowest BCUT2D eigenvalue weighted by molar-refractivity contribution is -0.0124. The summed E-state index contributed by atoms with van der Waals surface area (Å²) in [5.74, 6) is -0.167. The summed E-state index contributed by atoms with van der Waals surface area (Å²) in [4.78, 5) is 14.8. The molecule has 6 nitrogen and oxygen atoms in total. The molecule has 0 saturated carbocycles. The maximum absolute atomic E-state index is 13.0. The van der Waals surface area contributed by atoms with Crippen molar-refractivity contribution < 1.29 is 17.9 Å². The summed E-state index contributed by atoms with van der Waals surface area (Å²) < 4.78 is 34.0. The Bertz CT molecular complexity index is 987. The van der Waals surface area contributed by atoms with Crippen molar-refractivity contribution in [2.45, 2.75) is 51.0 Å². The van der Waals surface area contributed by atoms with E-state index in [1.165, 1.54) is 17.7 Å². The monoisotopic (exact) mass is 430 g/mol. The summed E-state index contributed by atoms with van der Waals surface area (Å²) in [6, 6.07) is 12.1. The number of anilines is 1. The minimum absolute atomic E-state index is 0.0307. The molecule has 1 unspecified atom stereocenters. The molecule has 3 rings (SSSR count). The molecule has 7 heteroatoms. The number of nitrogens with zero attached hydrogens (tertiary/aromatic N) is 1. The number of rotatable bonds is 7. The molecule has 0 aliphatic carbocycles. The molecule has 1 aliphatic rings. The molecule has 2 aromatic carbocycles. The van der Waals surface area contributed by atoms with Gasteiger partial charge in [0.25, 0.3) is 15.9 Å². The molecule has 0 aromatic heterocycles. The smallest absolute Gasteiger partial charge is 0.261 e. The van der Waals surface area contributed by atoms with Crippen LogP contribution < -0.4 is 4.72 Å². The molecular weight excluding hydrogens is 400 g/mol. The molecule has 0 bridgehead atoms. The van der Waals surface area contributed by atoms with E-state index in [0.29, 0.717) is 30.9 Å². The largest absolute Gasteiger partial charge is 0.375 e. The van der Waals surface area contributed by atoms with Gasteiger partial charge in [-0.1, -0.05) is 31.5 Å². The van der Waals surface area contributed by atoms with E-state index in [9.17, 15) is 13.2 Å². The van der Waals surface area contributed by atoms with Crippen molar-refractivity contribution in [2.24, 2.45) is 0 Å². The maximum atomic E-state index is 13.0. The molecule has 2 aromatic rings. The number of benzene rings is 2. The van der Waals surface area contributed by atoms with E-state index in [0.717, 1.165) is 24.8 Å². The minimum Gasteiger partial charge on any atom is -0.375 e. The second-order valence-electron chi connectivity index (χ2n) is 7.82. The number of amides is 1. The molecule has 1 amide bonds. The van der Waals surface area contributed by atoms with Crippen molar-refractivity contribution in [1.82, 2.24) is 4.90 Å². The van der Waals surface area contributed by atoms with E-state index in [1.807, 2.05) is 26.0 Å². The number of aryl methyl sites for hydroxylation is 2. The standard InChI is InChI=1S/C23H30N2O4S/c1-4-5-6-19-8-10-20(11-9-19)24-30(27,28)21-12-7-17(2)22(15-21)23(26)25-13-14-29-18(3)16-25/h7-12,15,18,24H,4-6,13-14,16H2,1-3H3. The quantitative estimate of drug-likeness (QED) is 0.720. The third-order valence-corrected chi connectivity index (χ3v) is 6.68. The number of unbranched alkanes of at least 4 members (excludes halogenated alkanes) is 1. The zero-order chi connectivity index (χ0) is 21.7. The summed E-state index contributed by atoms with van der Waals surface area (Å²) in [6.45, 7) is 7.36. The van der Waals surface area contributed by atoms with Gasteiger partial charge in [0.15, 0.2) is 0 Å². The van der Waals surface area contributed by atoms with E-state index in [4.69, 9.17) is 4.74 Å². The average molecular weight is 431 g/mol. The predicted octanol–water partition coefficient (Wildman–Crippen LogP) is 4.00. The van der Waals surface area contributed by atoms with E-state index < -0.39 is 10.0 Å². The topological polar surface area (TPSA) is 75.7 Å². The third kappa shape index (κ3) is 5.40. The molecule has 30 heavy (non-hydrogen) atoms. The van der Waals surface area contributed by atoms with E-state index in [2.05, 4.69) is 11.6 Å². The van der Waals surface area contributed by atoms with Gasteiger partial charge in [-0.05, 0) is 62.1 Å². The van der Waals surface area contributed by atoms with Crippen LogP contribution in [0.1, 0.15) is 48.2 Å². The van der Waals surface area contributed by atoms with Crippen LogP contribution >= 0.6 is 0 Å². The van der Waals surface area contributed by atoms with Crippen LogP contribution in [0, 0.1) is 6.92 Å². The minimum atomic E-state index is -3.80. The highest BCUT2D eigenvalue weighted by molar-refractivity contribution is 7.92. The van der Waals surface area contributed by atoms with Crippen molar-refractivity contribution in [1.29, 1.82) is 0 Å². The third-order valence-electron chi connectivity index (χ3n) is 5.30. The second-order valence-corrected chi connectivity index (χ2v) is 9.50. The van der Waals surface area contributed by atoms with Gasteiger partial charge in [-0.2, -0.15) is 0 Å². The van der Waals surface area contributed by atoms with Crippen molar-refractivity contribution in [3.63, 3.8) is 0 Å². The fourth-order valence-corrected chi connectivity index (χ4v) is 4.59. The SMILES string of the molecule is CCCCc1ccc(NS(=O)(=O)c2ccc(C)c(C(=O)N3CCOC(C)C3)c2)cc1. The summed E-state index contributed by atoms with van der Waals surface area (Å²) in [6.07, 6.45) is 3.17. The molecular formula is C23H30N2O4S. The van der Waals surface area contributed by atoms with Crippen LogP contribution in [0.2, 0.25) is 0 Å². The number of carbonyl (C=O) groups is 1. The number of nitrogens with one attached hydrogen (secondary N) is 1. The highest BCUT2D eigenvalue weighted by Crippen LogP contribution is 2.22. The Kier molecular flexibility index (Phi) is 7.15. The number of sulfonamides is 1. The van der Waals surface area contributed by atoms with Gasteiger partial charge in [0.2, 0.25) is 0 Å². The van der Waals surface area contributed by atoms with Crippen LogP contribution in [0.25, 0.3) is 0 Å². The molecule has 0 spiro atoms. The summed E-state index contributed by atoms with van der Waals surface area (Å²) in [7, 11) is -3.80. The summed E-state index contributed by atoms with van der Waals surface area (Å²) in [5, 5.41) is 0. The molecule has 1 aliphatic heterocycles. The van der Waals surface area contributed by atoms with E-state index in [1.54, 1.807) is 23.1 Å². The van der Waals surface area contributed by atoms with Gasteiger partial charge in [0.1, 0.15) is 0 Å². The Hall–Kier alpha value is -2.38. The van der Waals surface area contributed by atoms with E-state index in [-0.39, 0.29) is 16.9 Å². The zero-order valence-corrected chi connectivity index (χ0v) is 18.7. The first-order chi connectivity index (χ1) is 14.3. The van der Waals surface area contributed by atoms with Gasteiger partial charge in [-0.15, -0.1) is 0 Å². The first-order valence-corrected chi connectivity index (χ1v) is 11.9. The lowest BCUT2D eigenvalue weighted by Gasteiger charge is -2.31. The van der Waals surface area contributed by atoms with Gasteiger partial charge in [-0.25, -0.2) is 8.42 Å². The van der Waals surface area contributed by atoms with Crippen LogP contribution in [0.5, 0.6) is 0 Å². The van der Waals surface area contributed by atoms with Gasteiger partial charge in [0.05, 0.1) is 17.6 Å².